The van der Waals surface area contributed by atoms with Crippen LogP contribution in [-0.4, -0.2) is 0 Å². The van der Waals surface area contributed by atoms with Crippen LogP contribution in [0.3, 0.4) is 0 Å². The second-order valence-corrected chi connectivity index (χ2v) is 5.18. The number of thiophene rings is 1. The third-order valence-electron chi connectivity index (χ3n) is 2.72. The van der Waals surface area contributed by atoms with Crippen molar-refractivity contribution < 1.29 is 8.78 Å². The zero-order chi connectivity index (χ0) is 12.6. The second kappa shape index (κ2) is 4.75. The summed E-state index contributed by atoms with van der Waals surface area (Å²) in [6.45, 7) is 3.44. The number of hydrogen-bond donors (Lipinski definition) is 0. The molecule has 0 saturated heterocycles. The van der Waals surface area contributed by atoms with Gasteiger partial charge < -0.3 is 0 Å². The molecule has 0 aliphatic heterocycles. The summed E-state index contributed by atoms with van der Waals surface area (Å²) >= 11 is 7.71. The van der Waals surface area contributed by atoms with E-state index < -0.39 is 17.0 Å². The molecule has 0 bridgehead atoms. The van der Waals surface area contributed by atoms with Gasteiger partial charge in [-0.25, -0.2) is 8.78 Å². The molecule has 0 N–H and O–H groups in total. The summed E-state index contributed by atoms with van der Waals surface area (Å²) in [7, 11) is 0. The molecule has 90 valence electrons. The Bertz CT molecular complexity index is 548. The van der Waals surface area contributed by atoms with Gasteiger partial charge in [0.25, 0.3) is 0 Å². The van der Waals surface area contributed by atoms with Gasteiger partial charge >= 0.3 is 0 Å². The van der Waals surface area contributed by atoms with Crippen molar-refractivity contribution in [2.45, 2.75) is 19.2 Å². The Hall–Kier alpha value is -0.930. The maximum atomic E-state index is 13.8. The first-order valence-electron chi connectivity index (χ1n) is 5.13. The van der Waals surface area contributed by atoms with Gasteiger partial charge in [-0.2, -0.15) is 11.3 Å². The lowest BCUT2D eigenvalue weighted by Crippen LogP contribution is -2.00. The van der Waals surface area contributed by atoms with E-state index in [0.29, 0.717) is 0 Å². The van der Waals surface area contributed by atoms with Crippen LogP contribution in [0.15, 0.2) is 22.9 Å². The fourth-order valence-corrected chi connectivity index (χ4v) is 3.01. The van der Waals surface area contributed by atoms with E-state index >= 15 is 0 Å². The van der Waals surface area contributed by atoms with Crippen molar-refractivity contribution in [2.24, 2.45) is 0 Å². The molecular weight excluding hydrogens is 262 g/mol. The summed E-state index contributed by atoms with van der Waals surface area (Å²) in [5.41, 5.74) is 2.31. The number of benzene rings is 1. The van der Waals surface area contributed by atoms with Crippen molar-refractivity contribution in [1.29, 1.82) is 0 Å². The van der Waals surface area contributed by atoms with E-state index in [4.69, 9.17) is 11.6 Å². The van der Waals surface area contributed by atoms with E-state index in [0.717, 1.165) is 11.1 Å². The van der Waals surface area contributed by atoms with Crippen LogP contribution >= 0.6 is 22.9 Å². The molecule has 0 aliphatic rings. The van der Waals surface area contributed by atoms with E-state index in [-0.39, 0.29) is 11.1 Å². The highest BCUT2D eigenvalue weighted by Crippen LogP contribution is 2.35. The van der Waals surface area contributed by atoms with Crippen LogP contribution in [0.5, 0.6) is 0 Å². The van der Waals surface area contributed by atoms with E-state index in [2.05, 4.69) is 0 Å². The molecule has 0 amide bonds. The van der Waals surface area contributed by atoms with Crippen molar-refractivity contribution in [3.05, 3.63) is 56.8 Å². The van der Waals surface area contributed by atoms with E-state index in [1.165, 1.54) is 30.4 Å². The van der Waals surface area contributed by atoms with Crippen molar-refractivity contribution in [3.63, 3.8) is 0 Å². The molecule has 1 unspecified atom stereocenters. The van der Waals surface area contributed by atoms with E-state index in [1.54, 1.807) is 0 Å². The van der Waals surface area contributed by atoms with Crippen molar-refractivity contribution in [1.82, 2.24) is 0 Å². The van der Waals surface area contributed by atoms with Gasteiger partial charge in [0, 0.05) is 5.56 Å². The van der Waals surface area contributed by atoms with Gasteiger partial charge in [0.2, 0.25) is 0 Å². The van der Waals surface area contributed by atoms with Crippen LogP contribution in [0, 0.1) is 25.5 Å². The van der Waals surface area contributed by atoms with Crippen LogP contribution in [0.4, 0.5) is 8.78 Å². The molecule has 2 aromatic rings. The summed E-state index contributed by atoms with van der Waals surface area (Å²) in [5.74, 6) is -0.894. The zero-order valence-corrected chi connectivity index (χ0v) is 11.0. The van der Waals surface area contributed by atoms with Gasteiger partial charge in [0.15, 0.2) is 0 Å². The maximum absolute atomic E-state index is 13.8. The van der Waals surface area contributed by atoms with Gasteiger partial charge in [0.1, 0.15) is 11.6 Å². The monoisotopic (exact) mass is 272 g/mol. The summed E-state index contributed by atoms with van der Waals surface area (Å²) in [4.78, 5) is 0. The lowest BCUT2D eigenvalue weighted by atomic mass is 10.0. The SMILES string of the molecule is Cc1cc(F)c(C(Cl)c2cscc2C)cc1F. The largest absolute Gasteiger partial charge is 0.207 e. The topological polar surface area (TPSA) is 0 Å². The lowest BCUT2D eigenvalue weighted by Gasteiger charge is -2.12. The predicted molar refractivity (Wildman–Crippen MR) is 67.8 cm³/mol. The van der Waals surface area contributed by atoms with E-state index in [1.807, 2.05) is 17.7 Å². The first kappa shape index (κ1) is 12.5. The van der Waals surface area contributed by atoms with Gasteiger partial charge in [-0.1, -0.05) is 0 Å². The minimum atomic E-state index is -0.642. The molecule has 0 spiro atoms. The third kappa shape index (κ3) is 2.35. The van der Waals surface area contributed by atoms with Gasteiger partial charge in [0.05, 0.1) is 5.38 Å². The summed E-state index contributed by atoms with van der Waals surface area (Å²) < 4.78 is 27.2. The quantitative estimate of drug-likeness (QED) is 0.677. The summed E-state index contributed by atoms with van der Waals surface area (Å²) in [6.07, 6.45) is 0. The van der Waals surface area contributed by atoms with Gasteiger partial charge in [-0.3, -0.25) is 0 Å². The molecule has 0 radical (unpaired) electrons. The molecule has 1 atom stereocenters. The highest BCUT2D eigenvalue weighted by Gasteiger charge is 2.19. The minimum Gasteiger partial charge on any atom is -0.207 e. The Balaban J connectivity index is 2.48. The Morgan fingerprint density at radius 2 is 1.71 bits per heavy atom. The average molecular weight is 273 g/mol. The van der Waals surface area contributed by atoms with Crippen molar-refractivity contribution in [3.8, 4) is 0 Å². The average Bonchev–Trinajstić information content (AvgIpc) is 2.69. The normalized spacial score (nSPS) is 12.8. The highest BCUT2D eigenvalue weighted by atomic mass is 35.5. The molecule has 0 nitrogen and oxygen atoms in total. The van der Waals surface area contributed by atoms with Crippen LogP contribution < -0.4 is 0 Å². The fourth-order valence-electron chi connectivity index (χ4n) is 1.65. The molecule has 2 rings (SSSR count). The Kier molecular flexibility index (Phi) is 3.50. The van der Waals surface area contributed by atoms with Crippen molar-refractivity contribution >= 4 is 22.9 Å². The highest BCUT2D eigenvalue weighted by molar-refractivity contribution is 7.08. The van der Waals surface area contributed by atoms with E-state index in [9.17, 15) is 8.78 Å². The summed E-state index contributed by atoms with van der Waals surface area (Å²) in [6, 6.07) is 2.36. The smallest absolute Gasteiger partial charge is 0.128 e. The molecule has 4 heteroatoms. The Morgan fingerprint density at radius 1 is 1.00 bits per heavy atom. The second-order valence-electron chi connectivity index (χ2n) is 4.00. The molecule has 17 heavy (non-hydrogen) atoms. The number of rotatable bonds is 2. The predicted octanol–water partition coefficient (Wildman–Crippen LogP) is 4.97. The fraction of sp³-hybridized carbons (Fsp3) is 0.231. The third-order valence-corrected chi connectivity index (χ3v) is 4.07. The number of hydrogen-bond acceptors (Lipinski definition) is 1. The molecule has 0 saturated carbocycles. The van der Waals surface area contributed by atoms with Crippen LogP contribution in [0.2, 0.25) is 0 Å². The number of aryl methyl sites for hydroxylation is 2. The standard InChI is InChI=1S/C13H11ClF2S/c1-7-3-12(16)9(4-11(7)15)13(14)10-6-17-5-8(10)2/h3-6,13H,1-2H3. The van der Waals surface area contributed by atoms with Crippen LogP contribution in [0.1, 0.15) is 27.6 Å². The molecule has 0 fully saturated rings. The van der Waals surface area contributed by atoms with Gasteiger partial charge in [-0.05, 0) is 53.4 Å². The molecule has 0 aliphatic carbocycles. The first-order chi connectivity index (χ1) is 8.00. The Morgan fingerprint density at radius 3 is 2.29 bits per heavy atom. The molecule has 1 aromatic heterocycles. The summed E-state index contributed by atoms with van der Waals surface area (Å²) in [5, 5.41) is 3.16. The lowest BCUT2D eigenvalue weighted by molar-refractivity contribution is 0.580. The minimum absolute atomic E-state index is 0.191. The van der Waals surface area contributed by atoms with Crippen LogP contribution in [-0.2, 0) is 0 Å². The first-order valence-corrected chi connectivity index (χ1v) is 6.51. The number of halogens is 3. The van der Waals surface area contributed by atoms with Crippen LogP contribution in [0.25, 0.3) is 0 Å². The molecular formula is C13H11ClF2S. The van der Waals surface area contributed by atoms with Crippen molar-refractivity contribution in [2.75, 3.05) is 0 Å². The maximum Gasteiger partial charge on any atom is 0.128 e. The number of alkyl halides is 1. The molecule has 1 heterocycles. The Labute approximate surface area is 108 Å². The molecule has 1 aromatic carbocycles. The van der Waals surface area contributed by atoms with Gasteiger partial charge in [-0.15, -0.1) is 11.6 Å². The zero-order valence-electron chi connectivity index (χ0n) is 9.43.